The van der Waals surface area contributed by atoms with Crippen molar-refractivity contribution in [1.29, 1.82) is 0 Å². The molecule has 1 amide bonds. The molecule has 0 radical (unpaired) electrons. The van der Waals surface area contributed by atoms with Crippen molar-refractivity contribution in [2.75, 3.05) is 19.8 Å². The summed E-state index contributed by atoms with van der Waals surface area (Å²) in [6, 6.07) is 15.3. The van der Waals surface area contributed by atoms with Crippen LogP contribution in [0.25, 0.3) is 0 Å². The zero-order valence-corrected chi connectivity index (χ0v) is 13.3. The van der Waals surface area contributed by atoms with Crippen molar-refractivity contribution in [3.05, 3.63) is 65.2 Å². The summed E-state index contributed by atoms with van der Waals surface area (Å²) >= 11 is 0. The van der Waals surface area contributed by atoms with Gasteiger partial charge < -0.3 is 11.1 Å². The van der Waals surface area contributed by atoms with Gasteiger partial charge >= 0.3 is 0 Å². The van der Waals surface area contributed by atoms with Crippen LogP contribution in [0, 0.1) is 6.92 Å². The monoisotopic (exact) mass is 297 g/mol. The highest BCUT2D eigenvalue weighted by atomic mass is 16.2. The number of benzene rings is 2. The lowest BCUT2D eigenvalue weighted by atomic mass is 10.0. The molecule has 4 nitrogen and oxygen atoms in total. The van der Waals surface area contributed by atoms with Gasteiger partial charge in [-0.25, -0.2) is 0 Å². The molecule has 0 aromatic heterocycles. The molecule has 0 spiro atoms. The SMILES string of the molecule is Cc1cc(N)cc(CNC(=O)C(c2ccccc2)N(C)C)c1. The van der Waals surface area contributed by atoms with Crippen LogP contribution in [0.4, 0.5) is 5.69 Å². The van der Waals surface area contributed by atoms with Crippen LogP contribution >= 0.6 is 0 Å². The van der Waals surface area contributed by atoms with Crippen molar-refractivity contribution in [3.63, 3.8) is 0 Å². The Morgan fingerprint density at radius 2 is 1.86 bits per heavy atom. The molecule has 3 N–H and O–H groups in total. The van der Waals surface area contributed by atoms with E-state index >= 15 is 0 Å². The molecule has 116 valence electrons. The lowest BCUT2D eigenvalue weighted by Gasteiger charge is -2.24. The molecule has 2 aromatic rings. The number of likely N-dealkylation sites (N-methyl/N-ethyl adjacent to an activating group) is 1. The van der Waals surface area contributed by atoms with Gasteiger partial charge in [-0.3, -0.25) is 9.69 Å². The molecule has 4 heteroatoms. The first kappa shape index (κ1) is 16.0. The number of nitrogens with zero attached hydrogens (tertiary/aromatic N) is 1. The molecule has 2 rings (SSSR count). The van der Waals surface area contributed by atoms with Crippen molar-refractivity contribution in [2.24, 2.45) is 0 Å². The highest BCUT2D eigenvalue weighted by Crippen LogP contribution is 2.18. The summed E-state index contributed by atoms with van der Waals surface area (Å²) < 4.78 is 0. The maximum absolute atomic E-state index is 12.5. The van der Waals surface area contributed by atoms with Gasteiger partial charge in [0, 0.05) is 12.2 Å². The maximum atomic E-state index is 12.5. The number of nitrogens with one attached hydrogen (secondary N) is 1. The second-order valence-electron chi connectivity index (χ2n) is 5.75. The number of hydrogen-bond acceptors (Lipinski definition) is 3. The summed E-state index contributed by atoms with van der Waals surface area (Å²) in [5.74, 6) is -0.0173. The van der Waals surface area contributed by atoms with Crippen LogP contribution < -0.4 is 11.1 Å². The molecule has 1 unspecified atom stereocenters. The molecule has 0 aliphatic rings. The first-order valence-electron chi connectivity index (χ1n) is 7.32. The van der Waals surface area contributed by atoms with E-state index in [4.69, 9.17) is 5.73 Å². The van der Waals surface area contributed by atoms with E-state index in [1.165, 1.54) is 0 Å². The molecule has 0 fully saturated rings. The quantitative estimate of drug-likeness (QED) is 0.834. The molecule has 0 aliphatic carbocycles. The van der Waals surface area contributed by atoms with Gasteiger partial charge in [-0.05, 0) is 49.8 Å². The summed E-state index contributed by atoms with van der Waals surface area (Å²) in [4.78, 5) is 14.5. The third kappa shape index (κ3) is 4.09. The number of hydrogen-bond donors (Lipinski definition) is 2. The van der Waals surface area contributed by atoms with Gasteiger partial charge in [0.1, 0.15) is 6.04 Å². The molecular formula is C18H23N3O. The van der Waals surface area contributed by atoms with E-state index in [9.17, 15) is 4.79 Å². The van der Waals surface area contributed by atoms with E-state index in [1.54, 1.807) is 0 Å². The van der Waals surface area contributed by atoms with Gasteiger partial charge in [0.2, 0.25) is 5.91 Å². The van der Waals surface area contributed by atoms with Gasteiger partial charge in [0.15, 0.2) is 0 Å². The second-order valence-corrected chi connectivity index (χ2v) is 5.75. The first-order valence-corrected chi connectivity index (χ1v) is 7.32. The molecule has 0 heterocycles. The predicted octanol–water partition coefficient (Wildman–Crippen LogP) is 2.50. The molecular weight excluding hydrogens is 274 g/mol. The van der Waals surface area contributed by atoms with Crippen LogP contribution in [0.3, 0.4) is 0 Å². The van der Waals surface area contributed by atoms with E-state index < -0.39 is 0 Å². The Kier molecular flexibility index (Phi) is 5.17. The Balaban J connectivity index is 2.09. The van der Waals surface area contributed by atoms with Crippen LogP contribution in [0.2, 0.25) is 0 Å². The van der Waals surface area contributed by atoms with Crippen molar-refractivity contribution in [3.8, 4) is 0 Å². The van der Waals surface area contributed by atoms with Gasteiger partial charge in [0.25, 0.3) is 0 Å². The van der Waals surface area contributed by atoms with Crippen LogP contribution in [0.15, 0.2) is 48.5 Å². The van der Waals surface area contributed by atoms with Gasteiger partial charge in [0.05, 0.1) is 0 Å². The van der Waals surface area contributed by atoms with Crippen LogP contribution in [0.1, 0.15) is 22.7 Å². The van der Waals surface area contributed by atoms with E-state index in [0.717, 1.165) is 22.4 Å². The predicted molar refractivity (Wildman–Crippen MR) is 90.3 cm³/mol. The van der Waals surface area contributed by atoms with Gasteiger partial charge in [-0.15, -0.1) is 0 Å². The van der Waals surface area contributed by atoms with E-state index in [-0.39, 0.29) is 11.9 Å². The minimum Gasteiger partial charge on any atom is -0.399 e. The highest BCUT2D eigenvalue weighted by molar-refractivity contribution is 5.83. The smallest absolute Gasteiger partial charge is 0.242 e. The minimum absolute atomic E-state index is 0.0173. The van der Waals surface area contributed by atoms with Crippen molar-refractivity contribution >= 4 is 11.6 Å². The Hall–Kier alpha value is -2.33. The molecule has 1 atom stereocenters. The summed E-state index contributed by atoms with van der Waals surface area (Å²) in [6.07, 6.45) is 0. The van der Waals surface area contributed by atoms with Crippen LogP contribution in [0.5, 0.6) is 0 Å². The third-order valence-electron chi connectivity index (χ3n) is 3.51. The number of nitrogen functional groups attached to an aromatic ring is 1. The fraction of sp³-hybridized carbons (Fsp3) is 0.278. The number of carbonyl (C=O) groups excluding carboxylic acids is 1. The standard InChI is InChI=1S/C18H23N3O/c1-13-9-14(11-16(19)10-13)12-20-18(22)17(21(2)3)15-7-5-4-6-8-15/h4-11,17H,12,19H2,1-3H3,(H,20,22). The third-order valence-corrected chi connectivity index (χ3v) is 3.51. The maximum Gasteiger partial charge on any atom is 0.242 e. The Morgan fingerprint density at radius 1 is 1.18 bits per heavy atom. The fourth-order valence-corrected chi connectivity index (χ4v) is 2.60. The molecule has 0 saturated heterocycles. The highest BCUT2D eigenvalue weighted by Gasteiger charge is 2.22. The summed E-state index contributed by atoms with van der Waals surface area (Å²) in [5, 5.41) is 3.00. The summed E-state index contributed by atoms with van der Waals surface area (Å²) in [6.45, 7) is 2.47. The number of amides is 1. The van der Waals surface area contributed by atoms with Gasteiger partial charge in [-0.2, -0.15) is 0 Å². The van der Waals surface area contributed by atoms with E-state index in [0.29, 0.717) is 6.54 Å². The minimum atomic E-state index is -0.302. The molecule has 0 aliphatic heterocycles. The largest absolute Gasteiger partial charge is 0.399 e. The number of rotatable bonds is 5. The van der Waals surface area contributed by atoms with Crippen molar-refractivity contribution < 1.29 is 4.79 Å². The number of aryl methyl sites for hydroxylation is 1. The number of anilines is 1. The van der Waals surface area contributed by atoms with Crippen LogP contribution in [-0.4, -0.2) is 24.9 Å². The Bertz CT molecular complexity index is 618. The fourth-order valence-electron chi connectivity index (χ4n) is 2.60. The van der Waals surface area contributed by atoms with Crippen LogP contribution in [-0.2, 0) is 11.3 Å². The molecule has 0 saturated carbocycles. The topological polar surface area (TPSA) is 58.4 Å². The average molecular weight is 297 g/mol. The zero-order chi connectivity index (χ0) is 16.1. The lowest BCUT2D eigenvalue weighted by molar-refractivity contribution is -0.125. The molecule has 0 bridgehead atoms. The normalized spacial score (nSPS) is 12.2. The summed E-state index contributed by atoms with van der Waals surface area (Å²) in [7, 11) is 3.81. The first-order chi connectivity index (χ1) is 10.5. The van der Waals surface area contributed by atoms with E-state index in [1.807, 2.05) is 74.4 Å². The number of nitrogens with two attached hydrogens (primary N) is 1. The van der Waals surface area contributed by atoms with E-state index in [2.05, 4.69) is 5.32 Å². The molecule has 2 aromatic carbocycles. The van der Waals surface area contributed by atoms with Crippen molar-refractivity contribution in [1.82, 2.24) is 10.2 Å². The second kappa shape index (κ2) is 7.09. The number of carbonyl (C=O) groups is 1. The summed E-state index contributed by atoms with van der Waals surface area (Å²) in [5.41, 5.74) is 9.65. The van der Waals surface area contributed by atoms with Gasteiger partial charge in [-0.1, -0.05) is 36.4 Å². The average Bonchev–Trinajstić information content (AvgIpc) is 2.45. The van der Waals surface area contributed by atoms with Crippen molar-refractivity contribution in [2.45, 2.75) is 19.5 Å². The lowest BCUT2D eigenvalue weighted by Crippen LogP contribution is -2.36. The Morgan fingerprint density at radius 3 is 2.45 bits per heavy atom. The zero-order valence-electron chi connectivity index (χ0n) is 13.3. The Labute approximate surface area is 131 Å². The molecule has 22 heavy (non-hydrogen) atoms.